The van der Waals surface area contributed by atoms with E-state index < -0.39 is 0 Å². The first-order chi connectivity index (χ1) is 22.9. The number of aliphatic hydroxyl groups excluding tert-OH is 1. The van der Waals surface area contributed by atoms with Gasteiger partial charge in [-0.15, -0.1) is 0 Å². The van der Waals surface area contributed by atoms with E-state index >= 15 is 0 Å². The van der Waals surface area contributed by atoms with Crippen LogP contribution in [0.5, 0.6) is 17.2 Å². The molecule has 0 amide bonds. The molecule has 1 atom stereocenters. The lowest BCUT2D eigenvalue weighted by molar-refractivity contribution is -0.114. The van der Waals surface area contributed by atoms with Crippen LogP contribution in [0.15, 0.2) is 96.0 Å². The van der Waals surface area contributed by atoms with Crippen molar-refractivity contribution >= 4 is 11.9 Å². The van der Waals surface area contributed by atoms with E-state index in [0.717, 1.165) is 64.1 Å². The molecule has 47 heavy (non-hydrogen) atoms. The second-order valence-corrected chi connectivity index (χ2v) is 12.4. The predicted octanol–water partition coefficient (Wildman–Crippen LogP) is 6.79. The summed E-state index contributed by atoms with van der Waals surface area (Å²) in [7, 11) is 0. The minimum absolute atomic E-state index is 0.0504. The first-order valence-corrected chi connectivity index (χ1v) is 16.7. The van der Waals surface area contributed by atoms with Crippen molar-refractivity contribution in [3.63, 3.8) is 0 Å². The molecule has 4 aromatic rings. The van der Waals surface area contributed by atoms with Gasteiger partial charge in [-0.2, -0.15) is 0 Å². The van der Waals surface area contributed by atoms with Crippen molar-refractivity contribution < 1.29 is 24.9 Å². The Morgan fingerprint density at radius 3 is 2.60 bits per heavy atom. The summed E-state index contributed by atoms with van der Waals surface area (Å²) in [5.41, 5.74) is 5.79. The fourth-order valence-electron chi connectivity index (χ4n) is 6.08. The molecule has 5 rings (SSSR count). The number of fused-ring (bicyclic) bond motifs is 1. The fourth-order valence-corrected chi connectivity index (χ4v) is 6.08. The number of unbranched alkanes of at least 4 members (excludes halogenated alkanes) is 1. The Balaban J connectivity index is 1.09. The normalized spacial score (nSPS) is 12.8. The highest BCUT2D eigenvalue weighted by Gasteiger charge is 2.13. The number of ether oxygens (including phenoxy) is 1. The molecule has 0 aromatic heterocycles. The summed E-state index contributed by atoms with van der Waals surface area (Å²) >= 11 is 0. The number of hydrogen-bond donors (Lipinski definition) is 3. The molecule has 0 bridgehead atoms. The van der Waals surface area contributed by atoms with Crippen molar-refractivity contribution in [1.29, 1.82) is 0 Å². The summed E-state index contributed by atoms with van der Waals surface area (Å²) in [5, 5.41) is 32.4. The second kappa shape index (κ2) is 16.8. The molecule has 0 fully saturated rings. The third kappa shape index (κ3) is 9.66. The number of phenolic OH excluding ortho intramolecular Hbond substituents is 2. The first kappa shape index (κ1) is 33.7. The zero-order valence-corrected chi connectivity index (χ0v) is 27.2. The van der Waals surface area contributed by atoms with Crippen LogP contribution in [-0.4, -0.2) is 34.3 Å². The number of aromatic hydroxyl groups is 2. The average Bonchev–Trinajstić information content (AvgIpc) is 3.57. The van der Waals surface area contributed by atoms with Crippen LogP contribution in [0.25, 0.3) is 17.2 Å². The van der Waals surface area contributed by atoms with Crippen LogP contribution in [0.2, 0.25) is 0 Å². The Morgan fingerprint density at radius 2 is 1.77 bits per heavy atom. The number of allylic oxidation sites excluding steroid dienone is 2. The Bertz CT molecular complexity index is 1810. The van der Waals surface area contributed by atoms with E-state index in [1.807, 2.05) is 36.4 Å². The quantitative estimate of drug-likeness (QED) is 0.0881. The highest BCUT2D eigenvalue weighted by Crippen LogP contribution is 2.30. The summed E-state index contributed by atoms with van der Waals surface area (Å²) in [4.78, 5) is 17.0. The van der Waals surface area contributed by atoms with E-state index in [9.17, 15) is 20.1 Å². The summed E-state index contributed by atoms with van der Waals surface area (Å²) in [6.45, 7) is 3.09. The SMILES string of the molecule is C[C@H](CCC/C=C/C(=O)CCc1ccc(O)c(OCCc2ccc(O)cc2-c2cc(CO)c3c(c2)=CCN=3)c1)CCc1ccccc1. The van der Waals surface area contributed by atoms with Gasteiger partial charge >= 0.3 is 0 Å². The van der Waals surface area contributed by atoms with Crippen molar-refractivity contribution in [3.05, 3.63) is 124 Å². The highest BCUT2D eigenvalue weighted by atomic mass is 16.5. The number of aliphatic hydroxyl groups is 1. The van der Waals surface area contributed by atoms with Crippen LogP contribution in [-0.2, 0) is 30.7 Å². The van der Waals surface area contributed by atoms with E-state index in [1.165, 1.54) is 12.0 Å². The number of rotatable bonds is 17. The van der Waals surface area contributed by atoms with Gasteiger partial charge in [-0.3, -0.25) is 9.79 Å². The molecule has 0 spiro atoms. The first-order valence-electron chi connectivity index (χ1n) is 16.7. The van der Waals surface area contributed by atoms with E-state index in [0.29, 0.717) is 44.1 Å². The summed E-state index contributed by atoms with van der Waals surface area (Å²) < 4.78 is 6.01. The zero-order chi connectivity index (χ0) is 33.0. The smallest absolute Gasteiger partial charge is 0.161 e. The Morgan fingerprint density at radius 1 is 0.915 bits per heavy atom. The topological polar surface area (TPSA) is 99.4 Å². The third-order valence-electron chi connectivity index (χ3n) is 8.81. The van der Waals surface area contributed by atoms with Gasteiger partial charge < -0.3 is 20.1 Å². The molecule has 1 aliphatic heterocycles. The number of carbonyl (C=O) groups excluding carboxylic acids is 1. The fraction of sp³-hybridized carbons (Fsp3) is 0.317. The number of phenols is 2. The van der Waals surface area contributed by atoms with Gasteiger partial charge in [-0.25, -0.2) is 0 Å². The molecule has 3 N–H and O–H groups in total. The lowest BCUT2D eigenvalue weighted by Crippen LogP contribution is -2.26. The maximum absolute atomic E-state index is 12.5. The average molecular weight is 632 g/mol. The molecule has 0 unspecified atom stereocenters. The number of ketones is 1. The Labute approximate surface area is 277 Å². The van der Waals surface area contributed by atoms with Gasteiger partial charge in [0.25, 0.3) is 0 Å². The number of nitrogens with zero attached hydrogens (tertiary/aromatic N) is 1. The monoisotopic (exact) mass is 631 g/mol. The standard InChI is InChI=1S/C41H45NO5/c1-29(12-13-30-9-5-3-6-10-30)8-4-2-7-11-36(44)17-14-31-15-19-39(46)40(24-31)47-23-21-32-16-18-37(45)27-38(32)34-25-33-20-22-42-41(33)35(26-34)28-43/h3,5-7,9-11,15-16,18-20,24-27,29,43,45-46H,2,4,8,12-14,17,21-23,28H2,1H3/b11-7+/t29-/m1/s1. The summed E-state index contributed by atoms with van der Waals surface area (Å²) in [6.07, 6.45) is 12.7. The van der Waals surface area contributed by atoms with Crippen LogP contribution in [0, 0.1) is 5.92 Å². The van der Waals surface area contributed by atoms with Crippen molar-refractivity contribution in [2.45, 2.75) is 64.9 Å². The maximum atomic E-state index is 12.5. The molecule has 0 radical (unpaired) electrons. The molecular weight excluding hydrogens is 586 g/mol. The van der Waals surface area contributed by atoms with E-state index in [-0.39, 0.29) is 23.9 Å². The van der Waals surface area contributed by atoms with Crippen LogP contribution < -0.4 is 15.3 Å². The van der Waals surface area contributed by atoms with Crippen molar-refractivity contribution in [2.75, 3.05) is 13.2 Å². The minimum atomic E-state index is -0.114. The lowest BCUT2D eigenvalue weighted by atomic mass is 9.95. The molecule has 244 valence electrons. The van der Waals surface area contributed by atoms with E-state index in [4.69, 9.17) is 4.74 Å². The maximum Gasteiger partial charge on any atom is 0.161 e. The minimum Gasteiger partial charge on any atom is -0.508 e. The van der Waals surface area contributed by atoms with Crippen LogP contribution in [0.3, 0.4) is 0 Å². The molecule has 1 heterocycles. The Kier molecular flexibility index (Phi) is 12.0. The van der Waals surface area contributed by atoms with E-state index in [2.05, 4.69) is 42.2 Å². The van der Waals surface area contributed by atoms with Gasteiger partial charge in [0.1, 0.15) is 5.75 Å². The van der Waals surface area contributed by atoms with Crippen LogP contribution in [0.4, 0.5) is 0 Å². The molecule has 0 saturated carbocycles. The highest BCUT2D eigenvalue weighted by molar-refractivity contribution is 5.89. The summed E-state index contributed by atoms with van der Waals surface area (Å²) in [6, 6.07) is 25.0. The lowest BCUT2D eigenvalue weighted by Gasteiger charge is -2.14. The van der Waals surface area contributed by atoms with Gasteiger partial charge in [0.15, 0.2) is 17.3 Å². The molecule has 0 aliphatic carbocycles. The molecule has 6 nitrogen and oxygen atoms in total. The Hall–Kier alpha value is -4.68. The number of aryl methyl sites for hydroxylation is 2. The number of hydrogen-bond acceptors (Lipinski definition) is 6. The van der Waals surface area contributed by atoms with Crippen LogP contribution in [0.1, 0.15) is 61.3 Å². The third-order valence-corrected chi connectivity index (χ3v) is 8.81. The van der Waals surface area contributed by atoms with Crippen molar-refractivity contribution in [2.24, 2.45) is 10.9 Å². The molecule has 4 aromatic carbocycles. The van der Waals surface area contributed by atoms with Gasteiger partial charge in [0.05, 0.1) is 25.1 Å². The van der Waals surface area contributed by atoms with Crippen LogP contribution >= 0.6 is 0 Å². The van der Waals surface area contributed by atoms with Gasteiger partial charge in [0.2, 0.25) is 0 Å². The predicted molar refractivity (Wildman–Crippen MR) is 187 cm³/mol. The second-order valence-electron chi connectivity index (χ2n) is 12.4. The van der Waals surface area contributed by atoms with E-state index in [1.54, 1.807) is 30.3 Å². The number of carbonyl (C=O) groups is 1. The van der Waals surface area contributed by atoms with Gasteiger partial charge in [0, 0.05) is 18.4 Å². The zero-order valence-electron chi connectivity index (χ0n) is 27.2. The molecule has 0 saturated heterocycles. The summed E-state index contributed by atoms with van der Waals surface area (Å²) in [5.74, 6) is 1.34. The molecular formula is C41H45NO5. The number of benzene rings is 4. The van der Waals surface area contributed by atoms with Crippen molar-refractivity contribution in [1.82, 2.24) is 0 Å². The van der Waals surface area contributed by atoms with Gasteiger partial charge in [-0.05, 0) is 114 Å². The van der Waals surface area contributed by atoms with Gasteiger partial charge in [-0.1, -0.05) is 68.0 Å². The van der Waals surface area contributed by atoms with Crippen molar-refractivity contribution in [3.8, 4) is 28.4 Å². The molecule has 6 heteroatoms. The largest absolute Gasteiger partial charge is 0.508 e. The molecule has 1 aliphatic rings.